The molecule has 1 saturated carbocycles. The van der Waals surface area contributed by atoms with E-state index in [-0.39, 0.29) is 35.5 Å². The Labute approximate surface area is 156 Å². The van der Waals surface area contributed by atoms with Gasteiger partial charge in [-0.3, -0.25) is 9.59 Å². The molecule has 0 N–H and O–H groups in total. The summed E-state index contributed by atoms with van der Waals surface area (Å²) in [6.07, 6.45) is 8.58. The van der Waals surface area contributed by atoms with E-state index in [0.29, 0.717) is 0 Å². The summed E-state index contributed by atoms with van der Waals surface area (Å²) in [5, 5.41) is 5.34. The largest absolute Gasteiger partial charge is 0.497 e. The van der Waals surface area contributed by atoms with Gasteiger partial charge in [0, 0.05) is 11.9 Å². The number of hydrogen-bond acceptors (Lipinski definition) is 4. The first-order valence-electron chi connectivity index (χ1n) is 9.09. The topological polar surface area (TPSA) is 63.9 Å². The minimum Gasteiger partial charge on any atom is -0.497 e. The van der Waals surface area contributed by atoms with Crippen molar-refractivity contribution in [3.05, 3.63) is 60.4 Å². The molecule has 1 aliphatic heterocycles. The van der Waals surface area contributed by atoms with Crippen molar-refractivity contribution in [3.63, 3.8) is 0 Å². The summed E-state index contributed by atoms with van der Waals surface area (Å²) >= 11 is 0. The fraction of sp³-hybridized carbons (Fsp3) is 0.286. The van der Waals surface area contributed by atoms with Crippen LogP contribution in [-0.4, -0.2) is 34.7 Å². The smallest absolute Gasteiger partial charge is 0.254 e. The highest BCUT2D eigenvalue weighted by atomic mass is 16.5. The number of imide groups is 1. The molecule has 2 aliphatic carbocycles. The summed E-state index contributed by atoms with van der Waals surface area (Å²) in [5.74, 6) is 0.390. The minimum atomic E-state index is -0.224. The predicted octanol–water partition coefficient (Wildman–Crippen LogP) is 2.63. The lowest BCUT2D eigenvalue weighted by Gasteiger charge is -2.13. The zero-order valence-electron chi connectivity index (χ0n) is 14.9. The maximum absolute atomic E-state index is 12.7. The van der Waals surface area contributed by atoms with Gasteiger partial charge in [0.15, 0.2) is 0 Å². The maximum Gasteiger partial charge on any atom is 0.254 e. The molecule has 2 bridgehead atoms. The van der Waals surface area contributed by atoms with Crippen LogP contribution in [-0.2, 0) is 9.59 Å². The number of carbonyl (C=O) groups is 2. The van der Waals surface area contributed by atoms with E-state index in [2.05, 4.69) is 17.3 Å². The normalized spacial score (nSPS) is 28.6. The molecule has 2 heterocycles. The summed E-state index contributed by atoms with van der Waals surface area (Å²) in [4.78, 5) is 25.4. The second-order valence-corrected chi connectivity index (χ2v) is 7.23. The molecule has 1 saturated heterocycles. The average molecular weight is 361 g/mol. The van der Waals surface area contributed by atoms with Gasteiger partial charge in [0.25, 0.3) is 11.8 Å². The van der Waals surface area contributed by atoms with Crippen LogP contribution in [0.4, 0.5) is 0 Å². The fourth-order valence-corrected chi connectivity index (χ4v) is 4.59. The average Bonchev–Trinajstić information content (AvgIpc) is 3.46. The first-order valence-corrected chi connectivity index (χ1v) is 9.09. The molecular weight excluding hydrogens is 342 g/mol. The van der Waals surface area contributed by atoms with Gasteiger partial charge in [0.1, 0.15) is 5.75 Å². The maximum atomic E-state index is 12.7. The van der Waals surface area contributed by atoms with Crippen LogP contribution in [0.25, 0.3) is 5.69 Å². The molecular formula is C21H19N3O3. The van der Waals surface area contributed by atoms with Gasteiger partial charge < -0.3 is 9.30 Å². The van der Waals surface area contributed by atoms with Crippen molar-refractivity contribution in [2.75, 3.05) is 7.11 Å². The molecule has 0 spiro atoms. The van der Waals surface area contributed by atoms with E-state index < -0.39 is 0 Å². The number of benzene rings is 1. The van der Waals surface area contributed by atoms with Gasteiger partial charge in [-0.1, -0.05) is 12.2 Å². The van der Waals surface area contributed by atoms with Crippen molar-refractivity contribution in [3.8, 4) is 11.4 Å². The molecule has 0 radical (unpaired) electrons. The van der Waals surface area contributed by atoms with E-state index in [4.69, 9.17) is 4.74 Å². The number of amides is 2. The first kappa shape index (κ1) is 16.1. The number of carbonyl (C=O) groups excluding carboxylic acids is 2. The van der Waals surface area contributed by atoms with E-state index in [1.807, 2.05) is 47.2 Å². The third kappa shape index (κ3) is 2.36. The Hall–Kier alpha value is -3.15. The van der Waals surface area contributed by atoms with Crippen LogP contribution in [0.5, 0.6) is 5.75 Å². The van der Waals surface area contributed by atoms with Crippen LogP contribution in [0.3, 0.4) is 0 Å². The Balaban J connectivity index is 1.40. The number of methoxy groups -OCH3 is 1. The third-order valence-corrected chi connectivity index (χ3v) is 5.88. The Morgan fingerprint density at radius 2 is 1.70 bits per heavy atom. The second kappa shape index (κ2) is 5.94. The Morgan fingerprint density at radius 3 is 2.33 bits per heavy atom. The molecule has 6 heteroatoms. The summed E-state index contributed by atoms with van der Waals surface area (Å²) in [6, 6.07) is 11.4. The SMILES string of the molecule is COc1ccc(-n2cccc2C=NN2C(=O)C3C4C=CC(C4)C3C2=O)cc1. The van der Waals surface area contributed by atoms with Gasteiger partial charge in [-0.05, 0) is 54.7 Å². The number of aromatic nitrogens is 1. The van der Waals surface area contributed by atoms with E-state index >= 15 is 0 Å². The molecule has 2 amide bonds. The fourth-order valence-electron chi connectivity index (χ4n) is 4.59. The summed E-state index contributed by atoms with van der Waals surface area (Å²) < 4.78 is 7.14. The molecule has 1 aromatic carbocycles. The molecule has 136 valence electrons. The van der Waals surface area contributed by atoms with Gasteiger partial charge in [-0.2, -0.15) is 10.1 Å². The summed E-state index contributed by atoms with van der Waals surface area (Å²) in [5.41, 5.74) is 1.74. The lowest BCUT2D eigenvalue weighted by molar-refractivity contribution is -0.140. The number of fused-ring (bicyclic) bond motifs is 5. The zero-order chi connectivity index (χ0) is 18.5. The number of nitrogens with zero attached hydrogens (tertiary/aromatic N) is 3. The van der Waals surface area contributed by atoms with Gasteiger partial charge in [0.2, 0.25) is 0 Å². The molecule has 5 rings (SSSR count). The van der Waals surface area contributed by atoms with Crippen LogP contribution in [0.2, 0.25) is 0 Å². The lowest BCUT2D eigenvalue weighted by atomic mass is 9.85. The Bertz CT molecular complexity index is 943. The van der Waals surface area contributed by atoms with E-state index in [9.17, 15) is 9.59 Å². The standard InChI is InChI=1S/C21H19N3O3/c1-27-17-8-6-15(7-9-17)23-10-2-3-16(23)12-22-24-20(25)18-13-4-5-14(11-13)19(18)21(24)26/h2-10,12-14,18-19H,11H2,1H3. The van der Waals surface area contributed by atoms with Crippen LogP contribution in [0.1, 0.15) is 12.1 Å². The molecule has 1 aromatic heterocycles. The molecule has 4 atom stereocenters. The summed E-state index contributed by atoms with van der Waals surface area (Å²) in [6.45, 7) is 0. The Morgan fingerprint density at radius 1 is 1.04 bits per heavy atom. The second-order valence-electron chi connectivity index (χ2n) is 7.23. The highest BCUT2D eigenvalue weighted by Crippen LogP contribution is 2.52. The van der Waals surface area contributed by atoms with Gasteiger partial charge in [0.05, 0.1) is 30.9 Å². The first-order chi connectivity index (χ1) is 13.2. The van der Waals surface area contributed by atoms with E-state index in [0.717, 1.165) is 28.6 Å². The predicted molar refractivity (Wildman–Crippen MR) is 99.5 cm³/mol. The number of hydrogen-bond donors (Lipinski definition) is 0. The molecule has 2 aromatic rings. The van der Waals surface area contributed by atoms with Crippen molar-refractivity contribution >= 4 is 18.0 Å². The number of allylic oxidation sites excluding steroid dienone is 2. The van der Waals surface area contributed by atoms with Crippen molar-refractivity contribution in [2.24, 2.45) is 28.8 Å². The molecule has 2 fully saturated rings. The van der Waals surface area contributed by atoms with Crippen LogP contribution < -0.4 is 4.74 Å². The summed E-state index contributed by atoms with van der Waals surface area (Å²) in [7, 11) is 1.63. The molecule has 3 aliphatic rings. The highest BCUT2D eigenvalue weighted by molar-refractivity contribution is 6.06. The minimum absolute atomic E-state index is 0.166. The van der Waals surface area contributed by atoms with E-state index in [1.165, 1.54) is 0 Å². The lowest BCUT2D eigenvalue weighted by Crippen LogP contribution is -2.28. The molecule has 27 heavy (non-hydrogen) atoms. The van der Waals surface area contributed by atoms with Crippen LogP contribution >= 0.6 is 0 Å². The third-order valence-electron chi connectivity index (χ3n) is 5.88. The number of rotatable bonds is 4. The van der Waals surface area contributed by atoms with Crippen LogP contribution in [0, 0.1) is 23.7 Å². The monoisotopic (exact) mass is 361 g/mol. The zero-order valence-corrected chi connectivity index (χ0v) is 14.9. The molecule has 4 unspecified atom stereocenters. The number of hydrazone groups is 1. The van der Waals surface area contributed by atoms with Gasteiger partial charge >= 0.3 is 0 Å². The van der Waals surface area contributed by atoms with Crippen molar-refractivity contribution in [2.45, 2.75) is 6.42 Å². The molecule has 6 nitrogen and oxygen atoms in total. The van der Waals surface area contributed by atoms with E-state index in [1.54, 1.807) is 13.3 Å². The van der Waals surface area contributed by atoms with Crippen molar-refractivity contribution in [1.82, 2.24) is 9.58 Å². The Kier molecular flexibility index (Phi) is 3.53. The van der Waals surface area contributed by atoms with Gasteiger partial charge in [-0.15, -0.1) is 0 Å². The van der Waals surface area contributed by atoms with Crippen molar-refractivity contribution in [1.29, 1.82) is 0 Å². The quantitative estimate of drug-likeness (QED) is 0.478. The highest BCUT2D eigenvalue weighted by Gasteiger charge is 2.59. The number of ether oxygens (including phenoxy) is 1. The van der Waals surface area contributed by atoms with Crippen LogP contribution in [0.15, 0.2) is 59.8 Å². The van der Waals surface area contributed by atoms with Crippen molar-refractivity contribution < 1.29 is 14.3 Å². The van der Waals surface area contributed by atoms with Gasteiger partial charge in [-0.25, -0.2) is 0 Å².